The highest BCUT2D eigenvalue weighted by Gasteiger charge is 2.06. The summed E-state index contributed by atoms with van der Waals surface area (Å²) in [5, 5.41) is 12.2. The van der Waals surface area contributed by atoms with Gasteiger partial charge in [0, 0.05) is 25.9 Å². The maximum atomic E-state index is 10.3. The Kier molecular flexibility index (Phi) is 5.49. The van der Waals surface area contributed by atoms with E-state index < -0.39 is 5.97 Å². The van der Waals surface area contributed by atoms with Crippen molar-refractivity contribution >= 4 is 5.97 Å². The lowest BCUT2D eigenvalue weighted by molar-refractivity contribution is -0.137. The minimum atomic E-state index is -0.809. The zero-order valence-electron chi connectivity index (χ0n) is 9.31. The number of hydrogen-bond acceptors (Lipinski definition) is 5. The zero-order chi connectivity index (χ0) is 11.8. The van der Waals surface area contributed by atoms with Gasteiger partial charge in [0.15, 0.2) is 5.82 Å². The van der Waals surface area contributed by atoms with E-state index in [1.165, 1.54) is 0 Å². The van der Waals surface area contributed by atoms with Gasteiger partial charge in [0.1, 0.15) is 0 Å². The van der Waals surface area contributed by atoms with Gasteiger partial charge < -0.3 is 14.4 Å². The van der Waals surface area contributed by atoms with E-state index in [1.807, 2.05) is 6.92 Å². The molecule has 0 fully saturated rings. The molecule has 0 unspecified atom stereocenters. The van der Waals surface area contributed by atoms with Crippen molar-refractivity contribution in [3.05, 3.63) is 11.7 Å². The van der Waals surface area contributed by atoms with Crippen molar-refractivity contribution in [3.63, 3.8) is 0 Å². The number of nitrogens with zero attached hydrogens (tertiary/aromatic N) is 2. The van der Waals surface area contributed by atoms with E-state index in [-0.39, 0.29) is 6.42 Å². The van der Waals surface area contributed by atoms with Gasteiger partial charge in [-0.05, 0) is 13.3 Å². The van der Waals surface area contributed by atoms with Gasteiger partial charge in [-0.15, -0.1) is 0 Å². The first-order valence-electron chi connectivity index (χ1n) is 5.33. The Labute approximate surface area is 93.6 Å². The van der Waals surface area contributed by atoms with Crippen LogP contribution in [0, 0.1) is 0 Å². The number of aromatic nitrogens is 2. The maximum absolute atomic E-state index is 10.3. The predicted octanol–water partition coefficient (Wildman–Crippen LogP) is 1.06. The van der Waals surface area contributed by atoms with Crippen molar-refractivity contribution in [2.24, 2.45) is 0 Å². The van der Waals surface area contributed by atoms with Crippen LogP contribution in [0.3, 0.4) is 0 Å². The molecule has 0 saturated carbocycles. The summed E-state index contributed by atoms with van der Waals surface area (Å²) in [4.78, 5) is 14.4. The van der Waals surface area contributed by atoms with Crippen LogP contribution in [-0.4, -0.2) is 34.4 Å². The number of aryl methyl sites for hydroxylation is 1. The summed E-state index contributed by atoms with van der Waals surface area (Å²) >= 11 is 0. The molecule has 0 atom stereocenters. The molecule has 1 rings (SSSR count). The first kappa shape index (κ1) is 12.6. The van der Waals surface area contributed by atoms with Crippen molar-refractivity contribution in [3.8, 4) is 0 Å². The summed E-state index contributed by atoms with van der Waals surface area (Å²) in [6.07, 6.45) is 1.77. The van der Waals surface area contributed by atoms with Crippen molar-refractivity contribution in [1.82, 2.24) is 10.1 Å². The highest BCUT2D eigenvalue weighted by molar-refractivity contribution is 5.66. The van der Waals surface area contributed by atoms with Gasteiger partial charge in [0.2, 0.25) is 5.89 Å². The van der Waals surface area contributed by atoms with E-state index in [2.05, 4.69) is 10.1 Å². The predicted molar refractivity (Wildman–Crippen MR) is 55.1 cm³/mol. The van der Waals surface area contributed by atoms with E-state index in [9.17, 15) is 4.79 Å². The van der Waals surface area contributed by atoms with Gasteiger partial charge in [-0.1, -0.05) is 5.16 Å². The fraction of sp³-hybridized carbons (Fsp3) is 0.700. The SMILES string of the molecule is CCOCCc1noc(CCCC(=O)O)n1. The van der Waals surface area contributed by atoms with E-state index in [0.29, 0.717) is 44.2 Å². The van der Waals surface area contributed by atoms with Crippen LogP contribution in [0.25, 0.3) is 0 Å². The average Bonchev–Trinajstić information content (AvgIpc) is 2.66. The molecule has 0 aliphatic carbocycles. The van der Waals surface area contributed by atoms with Gasteiger partial charge in [0.05, 0.1) is 6.61 Å². The molecule has 1 heterocycles. The van der Waals surface area contributed by atoms with Crippen molar-refractivity contribution in [1.29, 1.82) is 0 Å². The minimum Gasteiger partial charge on any atom is -0.481 e. The lowest BCUT2D eigenvalue weighted by Gasteiger charge is -1.94. The van der Waals surface area contributed by atoms with Crippen LogP contribution >= 0.6 is 0 Å². The molecule has 16 heavy (non-hydrogen) atoms. The fourth-order valence-corrected chi connectivity index (χ4v) is 1.19. The third-order valence-electron chi connectivity index (χ3n) is 1.97. The monoisotopic (exact) mass is 228 g/mol. The molecule has 1 aromatic heterocycles. The summed E-state index contributed by atoms with van der Waals surface area (Å²) < 4.78 is 10.1. The summed E-state index contributed by atoms with van der Waals surface area (Å²) in [6.45, 7) is 3.17. The van der Waals surface area contributed by atoms with Gasteiger partial charge in [-0.3, -0.25) is 4.79 Å². The van der Waals surface area contributed by atoms with Crippen LogP contribution in [0.4, 0.5) is 0 Å². The first-order valence-corrected chi connectivity index (χ1v) is 5.33. The van der Waals surface area contributed by atoms with E-state index in [4.69, 9.17) is 14.4 Å². The smallest absolute Gasteiger partial charge is 0.303 e. The Bertz CT molecular complexity index is 324. The Balaban J connectivity index is 2.25. The molecule has 0 saturated heterocycles. The summed E-state index contributed by atoms with van der Waals surface area (Å²) in [7, 11) is 0. The second-order valence-electron chi connectivity index (χ2n) is 3.30. The zero-order valence-corrected chi connectivity index (χ0v) is 9.31. The molecule has 6 heteroatoms. The van der Waals surface area contributed by atoms with Crippen LogP contribution in [-0.2, 0) is 22.4 Å². The molecule has 0 radical (unpaired) electrons. The van der Waals surface area contributed by atoms with Crippen LogP contribution < -0.4 is 0 Å². The normalized spacial score (nSPS) is 10.6. The van der Waals surface area contributed by atoms with Crippen LogP contribution in [0.15, 0.2) is 4.52 Å². The summed E-state index contributed by atoms with van der Waals surface area (Å²) in [5.41, 5.74) is 0. The maximum Gasteiger partial charge on any atom is 0.303 e. The summed E-state index contributed by atoms with van der Waals surface area (Å²) in [5.74, 6) is 0.294. The number of aliphatic carboxylic acids is 1. The quantitative estimate of drug-likeness (QED) is 0.669. The lowest BCUT2D eigenvalue weighted by atomic mass is 10.2. The number of carbonyl (C=O) groups is 1. The standard InChI is InChI=1S/C10H16N2O4/c1-2-15-7-6-8-11-9(16-12-8)4-3-5-10(13)14/h2-7H2,1H3,(H,13,14). The topological polar surface area (TPSA) is 85.5 Å². The number of carboxylic acids is 1. The van der Waals surface area contributed by atoms with Crippen molar-refractivity contribution < 1.29 is 19.2 Å². The molecule has 0 aromatic carbocycles. The molecule has 0 aliphatic rings. The van der Waals surface area contributed by atoms with E-state index >= 15 is 0 Å². The average molecular weight is 228 g/mol. The molecule has 0 aliphatic heterocycles. The van der Waals surface area contributed by atoms with Crippen LogP contribution in [0.5, 0.6) is 0 Å². The van der Waals surface area contributed by atoms with Gasteiger partial charge >= 0.3 is 5.97 Å². The molecular formula is C10H16N2O4. The second-order valence-corrected chi connectivity index (χ2v) is 3.30. The molecule has 1 N–H and O–H groups in total. The molecule has 90 valence electrons. The number of carboxylic acid groups (broad SMARTS) is 1. The van der Waals surface area contributed by atoms with Gasteiger partial charge in [-0.2, -0.15) is 4.98 Å². The molecule has 0 bridgehead atoms. The largest absolute Gasteiger partial charge is 0.481 e. The Morgan fingerprint density at radius 2 is 2.31 bits per heavy atom. The summed E-state index contributed by atoms with van der Waals surface area (Å²) in [6, 6.07) is 0. The van der Waals surface area contributed by atoms with Crippen LogP contribution in [0.1, 0.15) is 31.5 Å². The molecule has 0 amide bonds. The highest BCUT2D eigenvalue weighted by atomic mass is 16.5. The van der Waals surface area contributed by atoms with Crippen LogP contribution in [0.2, 0.25) is 0 Å². The van der Waals surface area contributed by atoms with E-state index in [1.54, 1.807) is 0 Å². The Morgan fingerprint density at radius 3 is 3.00 bits per heavy atom. The third kappa shape index (κ3) is 4.88. The molecule has 0 spiro atoms. The number of ether oxygens (including phenoxy) is 1. The Hall–Kier alpha value is -1.43. The fourth-order valence-electron chi connectivity index (χ4n) is 1.19. The second kappa shape index (κ2) is 6.95. The van der Waals surface area contributed by atoms with Gasteiger partial charge in [0.25, 0.3) is 0 Å². The first-order chi connectivity index (χ1) is 7.72. The lowest BCUT2D eigenvalue weighted by Crippen LogP contribution is -2.00. The molecular weight excluding hydrogens is 212 g/mol. The van der Waals surface area contributed by atoms with Gasteiger partial charge in [-0.25, -0.2) is 0 Å². The highest BCUT2D eigenvalue weighted by Crippen LogP contribution is 2.03. The Morgan fingerprint density at radius 1 is 1.50 bits per heavy atom. The van der Waals surface area contributed by atoms with Crippen molar-refractivity contribution in [2.75, 3.05) is 13.2 Å². The minimum absolute atomic E-state index is 0.122. The number of hydrogen-bond donors (Lipinski definition) is 1. The van der Waals surface area contributed by atoms with E-state index in [0.717, 1.165) is 0 Å². The number of rotatable bonds is 8. The molecule has 1 aromatic rings. The third-order valence-corrected chi connectivity index (χ3v) is 1.97. The van der Waals surface area contributed by atoms with Crippen molar-refractivity contribution in [2.45, 2.75) is 32.6 Å². The molecule has 6 nitrogen and oxygen atoms in total.